The SMILES string of the molecule is CC(=O)NCC=Cc1c(C)ccc(F)c1C=O. The standard InChI is InChI=1S/C13H14FNO2/c1-9-5-6-13(14)12(8-16)11(9)4-3-7-15-10(2)17/h3-6,8H,7H2,1-2H3,(H,15,17). The molecule has 0 unspecified atom stereocenters. The fourth-order valence-corrected chi connectivity index (χ4v) is 1.44. The highest BCUT2D eigenvalue weighted by Crippen LogP contribution is 2.17. The zero-order valence-corrected chi connectivity index (χ0v) is 9.79. The largest absolute Gasteiger partial charge is 0.353 e. The molecule has 0 atom stereocenters. The zero-order valence-electron chi connectivity index (χ0n) is 9.79. The Balaban J connectivity index is 2.93. The van der Waals surface area contributed by atoms with Crippen LogP contribution in [0.25, 0.3) is 6.08 Å². The van der Waals surface area contributed by atoms with Gasteiger partial charge in [0.1, 0.15) is 5.82 Å². The molecule has 1 aromatic rings. The highest BCUT2D eigenvalue weighted by Gasteiger charge is 2.07. The first kappa shape index (κ1) is 13.1. The number of benzene rings is 1. The molecule has 0 aromatic heterocycles. The van der Waals surface area contributed by atoms with Crippen molar-refractivity contribution < 1.29 is 14.0 Å². The molecule has 0 radical (unpaired) electrons. The van der Waals surface area contributed by atoms with Crippen LogP contribution >= 0.6 is 0 Å². The van der Waals surface area contributed by atoms with E-state index in [-0.39, 0.29) is 11.5 Å². The maximum atomic E-state index is 13.3. The molecular formula is C13H14FNO2. The molecule has 3 nitrogen and oxygen atoms in total. The third-order valence-electron chi connectivity index (χ3n) is 2.32. The highest BCUT2D eigenvalue weighted by atomic mass is 19.1. The van der Waals surface area contributed by atoms with Crippen LogP contribution in [0.5, 0.6) is 0 Å². The summed E-state index contributed by atoms with van der Waals surface area (Å²) in [5.41, 5.74) is 1.40. The predicted octanol–water partition coefficient (Wildman–Crippen LogP) is 2.10. The number of nitrogens with one attached hydrogen (secondary N) is 1. The molecule has 90 valence electrons. The van der Waals surface area contributed by atoms with Gasteiger partial charge >= 0.3 is 0 Å². The number of carbonyl (C=O) groups is 2. The van der Waals surface area contributed by atoms with E-state index >= 15 is 0 Å². The van der Waals surface area contributed by atoms with Gasteiger partial charge in [-0.2, -0.15) is 0 Å². The Bertz CT molecular complexity index is 467. The molecule has 0 spiro atoms. The van der Waals surface area contributed by atoms with Crippen LogP contribution in [0.4, 0.5) is 4.39 Å². The maximum Gasteiger partial charge on any atom is 0.217 e. The number of aryl methyl sites for hydroxylation is 1. The van der Waals surface area contributed by atoms with Gasteiger partial charge in [-0.1, -0.05) is 18.2 Å². The summed E-state index contributed by atoms with van der Waals surface area (Å²) in [7, 11) is 0. The van der Waals surface area contributed by atoms with Crippen LogP contribution < -0.4 is 5.32 Å². The zero-order chi connectivity index (χ0) is 12.8. The summed E-state index contributed by atoms with van der Waals surface area (Å²) in [5.74, 6) is -0.675. The average Bonchev–Trinajstić information content (AvgIpc) is 2.28. The molecule has 0 bridgehead atoms. The lowest BCUT2D eigenvalue weighted by molar-refractivity contribution is -0.118. The van der Waals surface area contributed by atoms with E-state index in [0.29, 0.717) is 18.4 Å². The number of carbonyl (C=O) groups excluding carboxylic acids is 2. The summed E-state index contributed by atoms with van der Waals surface area (Å²) < 4.78 is 13.3. The predicted molar refractivity (Wildman–Crippen MR) is 64.2 cm³/mol. The van der Waals surface area contributed by atoms with E-state index in [4.69, 9.17) is 0 Å². The molecule has 1 amide bonds. The van der Waals surface area contributed by atoms with E-state index in [1.165, 1.54) is 13.0 Å². The normalized spacial score (nSPS) is 10.5. The van der Waals surface area contributed by atoms with Gasteiger partial charge in [-0.05, 0) is 24.1 Å². The molecule has 0 fully saturated rings. The van der Waals surface area contributed by atoms with Gasteiger partial charge in [-0.15, -0.1) is 0 Å². The van der Waals surface area contributed by atoms with Gasteiger partial charge in [0.15, 0.2) is 6.29 Å². The molecule has 1 rings (SSSR count). The molecule has 0 aliphatic rings. The number of amides is 1. The van der Waals surface area contributed by atoms with Crippen LogP contribution in [0.3, 0.4) is 0 Å². The number of hydrogen-bond donors (Lipinski definition) is 1. The molecule has 0 saturated heterocycles. The molecule has 0 saturated carbocycles. The Morgan fingerprint density at radius 1 is 1.41 bits per heavy atom. The summed E-state index contributed by atoms with van der Waals surface area (Å²) in [4.78, 5) is 21.4. The van der Waals surface area contributed by atoms with Crippen molar-refractivity contribution in [1.29, 1.82) is 0 Å². The van der Waals surface area contributed by atoms with Crippen molar-refractivity contribution in [3.8, 4) is 0 Å². The Morgan fingerprint density at radius 3 is 2.71 bits per heavy atom. The summed E-state index contributed by atoms with van der Waals surface area (Å²) in [6, 6.07) is 2.88. The van der Waals surface area contributed by atoms with Gasteiger partial charge in [-0.25, -0.2) is 4.39 Å². The van der Waals surface area contributed by atoms with Crippen LogP contribution in [0, 0.1) is 12.7 Å². The number of halogens is 1. The van der Waals surface area contributed by atoms with Gasteiger partial charge in [-0.3, -0.25) is 9.59 Å². The lowest BCUT2D eigenvalue weighted by atomic mass is 10.0. The van der Waals surface area contributed by atoms with Crippen molar-refractivity contribution in [2.75, 3.05) is 6.54 Å². The molecule has 0 aliphatic carbocycles. The van der Waals surface area contributed by atoms with E-state index in [1.807, 2.05) is 0 Å². The van der Waals surface area contributed by atoms with Crippen molar-refractivity contribution in [2.45, 2.75) is 13.8 Å². The minimum Gasteiger partial charge on any atom is -0.353 e. The van der Waals surface area contributed by atoms with Crippen molar-refractivity contribution in [2.24, 2.45) is 0 Å². The Morgan fingerprint density at radius 2 is 2.12 bits per heavy atom. The monoisotopic (exact) mass is 235 g/mol. The van der Waals surface area contributed by atoms with Crippen LogP contribution in [0.15, 0.2) is 18.2 Å². The Labute approximate surface area is 99.3 Å². The lowest BCUT2D eigenvalue weighted by Crippen LogP contribution is -2.19. The second-order valence-electron chi connectivity index (χ2n) is 3.65. The molecule has 4 heteroatoms. The Hall–Kier alpha value is -1.97. The molecule has 0 aliphatic heterocycles. The lowest BCUT2D eigenvalue weighted by Gasteiger charge is -2.05. The van der Waals surface area contributed by atoms with E-state index < -0.39 is 5.82 Å². The van der Waals surface area contributed by atoms with Crippen molar-refractivity contribution >= 4 is 18.3 Å². The number of aldehydes is 1. The molecule has 0 heterocycles. The van der Waals surface area contributed by atoms with E-state index in [9.17, 15) is 14.0 Å². The average molecular weight is 235 g/mol. The fourth-order valence-electron chi connectivity index (χ4n) is 1.44. The van der Waals surface area contributed by atoms with Gasteiger partial charge in [0.05, 0.1) is 5.56 Å². The third kappa shape index (κ3) is 3.52. The molecular weight excluding hydrogens is 221 g/mol. The second kappa shape index (κ2) is 5.94. The molecule has 17 heavy (non-hydrogen) atoms. The van der Waals surface area contributed by atoms with Crippen molar-refractivity contribution in [3.63, 3.8) is 0 Å². The van der Waals surface area contributed by atoms with Crippen molar-refractivity contribution in [3.05, 3.63) is 40.7 Å². The van der Waals surface area contributed by atoms with E-state index in [1.54, 1.807) is 25.1 Å². The minimum absolute atomic E-state index is 0.0454. The van der Waals surface area contributed by atoms with Crippen LogP contribution in [0.1, 0.15) is 28.4 Å². The first-order chi connectivity index (χ1) is 8.06. The number of rotatable bonds is 4. The summed E-state index contributed by atoms with van der Waals surface area (Å²) >= 11 is 0. The summed E-state index contributed by atoms with van der Waals surface area (Å²) in [6.07, 6.45) is 3.81. The van der Waals surface area contributed by atoms with Gasteiger partial charge in [0.25, 0.3) is 0 Å². The van der Waals surface area contributed by atoms with Gasteiger partial charge < -0.3 is 5.32 Å². The molecule has 1 aromatic carbocycles. The quantitative estimate of drug-likeness (QED) is 0.812. The number of hydrogen-bond acceptors (Lipinski definition) is 2. The first-order valence-electron chi connectivity index (χ1n) is 5.21. The summed E-state index contributed by atoms with van der Waals surface area (Å²) in [6.45, 7) is 3.56. The Kier molecular flexibility index (Phi) is 4.57. The summed E-state index contributed by atoms with van der Waals surface area (Å²) in [5, 5.41) is 2.58. The van der Waals surface area contributed by atoms with Crippen LogP contribution in [-0.2, 0) is 4.79 Å². The van der Waals surface area contributed by atoms with Crippen LogP contribution in [-0.4, -0.2) is 18.7 Å². The van der Waals surface area contributed by atoms with Crippen molar-refractivity contribution in [1.82, 2.24) is 5.32 Å². The maximum absolute atomic E-state index is 13.3. The van der Waals surface area contributed by atoms with Gasteiger partial charge in [0.2, 0.25) is 5.91 Å². The third-order valence-corrected chi connectivity index (χ3v) is 2.32. The van der Waals surface area contributed by atoms with E-state index in [2.05, 4.69) is 5.32 Å². The second-order valence-corrected chi connectivity index (χ2v) is 3.65. The van der Waals surface area contributed by atoms with Gasteiger partial charge in [0, 0.05) is 13.5 Å². The van der Waals surface area contributed by atoms with Crippen LogP contribution in [0.2, 0.25) is 0 Å². The molecule has 1 N–H and O–H groups in total. The topological polar surface area (TPSA) is 46.2 Å². The fraction of sp³-hybridized carbons (Fsp3) is 0.231. The highest BCUT2D eigenvalue weighted by molar-refractivity contribution is 5.83. The smallest absolute Gasteiger partial charge is 0.217 e. The minimum atomic E-state index is -0.537. The first-order valence-corrected chi connectivity index (χ1v) is 5.21. The van der Waals surface area contributed by atoms with E-state index in [0.717, 1.165) is 5.56 Å².